The third-order valence-corrected chi connectivity index (χ3v) is 6.33. The molecule has 180 valence electrons. The normalized spacial score (nSPS) is 14.7. The molecule has 0 unspecified atom stereocenters. The van der Waals surface area contributed by atoms with Gasteiger partial charge in [-0.05, 0) is 60.7 Å². The summed E-state index contributed by atoms with van der Waals surface area (Å²) in [6.07, 6.45) is 0.852. The Morgan fingerprint density at radius 3 is 2.20 bits per heavy atom. The summed E-state index contributed by atoms with van der Waals surface area (Å²) in [5.41, 5.74) is 1.46. The fourth-order valence-electron chi connectivity index (χ4n) is 4.18. The molecule has 3 aromatic carbocycles. The van der Waals surface area contributed by atoms with Crippen molar-refractivity contribution in [2.75, 3.05) is 13.1 Å². The number of carbonyl (C=O) groups excluding carboxylic acids is 2. The van der Waals surface area contributed by atoms with Crippen molar-refractivity contribution in [3.8, 4) is 5.75 Å². The topological polar surface area (TPSA) is 102 Å². The van der Waals surface area contributed by atoms with Crippen molar-refractivity contribution in [2.24, 2.45) is 5.92 Å². The monoisotopic (exact) mass is 493 g/mol. The molecule has 9 heteroatoms. The third kappa shape index (κ3) is 6.16. The number of nitro benzene ring substituents is 1. The van der Waals surface area contributed by atoms with E-state index >= 15 is 0 Å². The minimum Gasteiger partial charge on any atom is -0.410 e. The minimum atomic E-state index is -0.509. The molecule has 3 aromatic rings. The Balaban J connectivity index is 1.40. The van der Waals surface area contributed by atoms with Crippen molar-refractivity contribution in [1.82, 2.24) is 10.2 Å². The maximum Gasteiger partial charge on any atom is 0.415 e. The lowest BCUT2D eigenvalue weighted by Crippen LogP contribution is -2.44. The largest absolute Gasteiger partial charge is 0.415 e. The van der Waals surface area contributed by atoms with Crippen LogP contribution in [0.5, 0.6) is 5.75 Å². The van der Waals surface area contributed by atoms with Crippen LogP contribution in [0.2, 0.25) is 5.02 Å². The zero-order valence-corrected chi connectivity index (χ0v) is 19.6. The van der Waals surface area contributed by atoms with Gasteiger partial charge in [-0.1, -0.05) is 41.9 Å². The van der Waals surface area contributed by atoms with Crippen LogP contribution in [0.15, 0.2) is 78.9 Å². The summed E-state index contributed by atoms with van der Waals surface area (Å²) in [5, 5.41) is 14.5. The molecular weight excluding hydrogens is 470 g/mol. The quantitative estimate of drug-likeness (QED) is 0.354. The second kappa shape index (κ2) is 11.0. The van der Waals surface area contributed by atoms with Gasteiger partial charge in [0.15, 0.2) is 0 Å². The van der Waals surface area contributed by atoms with Crippen LogP contribution in [0.3, 0.4) is 0 Å². The lowest BCUT2D eigenvalue weighted by atomic mass is 9.85. The van der Waals surface area contributed by atoms with Gasteiger partial charge in [-0.2, -0.15) is 0 Å². The lowest BCUT2D eigenvalue weighted by molar-refractivity contribution is -0.384. The Morgan fingerprint density at radius 2 is 1.60 bits per heavy atom. The number of rotatable bonds is 6. The highest BCUT2D eigenvalue weighted by Crippen LogP contribution is 2.32. The van der Waals surface area contributed by atoms with Crippen molar-refractivity contribution in [3.05, 3.63) is 105 Å². The fourth-order valence-corrected chi connectivity index (χ4v) is 4.30. The molecule has 1 aliphatic heterocycles. The molecule has 1 fully saturated rings. The van der Waals surface area contributed by atoms with Crippen molar-refractivity contribution < 1.29 is 19.2 Å². The number of nitrogens with zero attached hydrogens (tertiary/aromatic N) is 2. The highest BCUT2D eigenvalue weighted by atomic mass is 35.5. The van der Waals surface area contributed by atoms with Crippen molar-refractivity contribution >= 4 is 29.3 Å². The van der Waals surface area contributed by atoms with Crippen LogP contribution < -0.4 is 10.1 Å². The first-order valence-electron chi connectivity index (χ1n) is 11.2. The van der Waals surface area contributed by atoms with E-state index in [1.165, 1.54) is 24.3 Å². The van der Waals surface area contributed by atoms with E-state index in [4.69, 9.17) is 16.3 Å². The van der Waals surface area contributed by atoms with E-state index in [9.17, 15) is 19.7 Å². The van der Waals surface area contributed by atoms with Gasteiger partial charge in [0, 0.05) is 35.8 Å². The van der Waals surface area contributed by atoms with Gasteiger partial charge < -0.3 is 15.0 Å². The Hall–Kier alpha value is -3.91. The lowest BCUT2D eigenvalue weighted by Gasteiger charge is -2.36. The molecule has 1 N–H and O–H groups in total. The van der Waals surface area contributed by atoms with E-state index < -0.39 is 11.0 Å². The van der Waals surface area contributed by atoms with Gasteiger partial charge in [-0.25, -0.2) is 4.79 Å². The number of carbonyl (C=O) groups is 2. The predicted molar refractivity (Wildman–Crippen MR) is 132 cm³/mol. The summed E-state index contributed by atoms with van der Waals surface area (Å²) in [7, 11) is 0. The maximum absolute atomic E-state index is 12.9. The first-order valence-corrected chi connectivity index (χ1v) is 11.6. The molecule has 0 radical (unpaired) electrons. The molecule has 0 saturated carbocycles. The van der Waals surface area contributed by atoms with Gasteiger partial charge in [0.1, 0.15) is 5.75 Å². The number of nitro groups is 1. The summed E-state index contributed by atoms with van der Waals surface area (Å²) >= 11 is 5.95. The summed E-state index contributed by atoms with van der Waals surface area (Å²) in [6.45, 7) is 0.938. The molecule has 1 heterocycles. The first-order chi connectivity index (χ1) is 16.9. The molecule has 2 amide bonds. The maximum atomic E-state index is 12.9. The number of nitrogens with one attached hydrogen (secondary N) is 1. The number of non-ortho nitro benzene ring substituents is 1. The van der Waals surface area contributed by atoms with Gasteiger partial charge in [-0.15, -0.1) is 0 Å². The van der Waals surface area contributed by atoms with Gasteiger partial charge in [0.2, 0.25) is 0 Å². The first kappa shape index (κ1) is 24.2. The Kier molecular flexibility index (Phi) is 7.62. The van der Waals surface area contributed by atoms with Crippen molar-refractivity contribution in [3.63, 3.8) is 0 Å². The molecule has 35 heavy (non-hydrogen) atoms. The van der Waals surface area contributed by atoms with Gasteiger partial charge >= 0.3 is 6.09 Å². The molecule has 8 nitrogen and oxygen atoms in total. The predicted octanol–water partition coefficient (Wildman–Crippen LogP) is 5.63. The van der Waals surface area contributed by atoms with Crippen LogP contribution in [0.25, 0.3) is 0 Å². The van der Waals surface area contributed by atoms with E-state index in [1.54, 1.807) is 29.2 Å². The summed E-state index contributed by atoms with van der Waals surface area (Å²) in [6, 6.07) is 21.7. The Morgan fingerprint density at radius 1 is 0.971 bits per heavy atom. The summed E-state index contributed by atoms with van der Waals surface area (Å²) in [5.74, 6) is 0.188. The summed E-state index contributed by atoms with van der Waals surface area (Å²) < 4.78 is 5.38. The van der Waals surface area contributed by atoms with Crippen molar-refractivity contribution in [1.29, 1.82) is 0 Å². The third-order valence-electron chi connectivity index (χ3n) is 6.07. The van der Waals surface area contributed by atoms with Gasteiger partial charge in [-0.3, -0.25) is 14.9 Å². The molecule has 1 atom stereocenters. The number of hydrogen-bond donors (Lipinski definition) is 1. The number of piperidine rings is 1. The van der Waals surface area contributed by atoms with Crippen LogP contribution in [0.4, 0.5) is 10.5 Å². The van der Waals surface area contributed by atoms with Crippen LogP contribution in [-0.2, 0) is 0 Å². The Bertz CT molecular complexity index is 1180. The van der Waals surface area contributed by atoms with Crippen molar-refractivity contribution in [2.45, 2.75) is 18.9 Å². The number of benzene rings is 3. The highest BCUT2D eigenvalue weighted by Gasteiger charge is 2.31. The molecule has 0 spiro atoms. The Labute approximate surface area is 207 Å². The number of amides is 2. The number of ether oxygens (including phenoxy) is 1. The van der Waals surface area contributed by atoms with E-state index in [1.807, 2.05) is 30.3 Å². The molecule has 0 aliphatic carbocycles. The molecule has 1 saturated heterocycles. The SMILES string of the molecule is O=C(N[C@H](c1ccccc1)C1CCN(C(=O)Oc2ccc([N+](=O)[O-])cc2)CC1)c1ccc(Cl)cc1. The smallest absolute Gasteiger partial charge is 0.410 e. The van der Waals surface area contributed by atoms with E-state index in [-0.39, 0.29) is 29.3 Å². The fraction of sp³-hybridized carbons (Fsp3) is 0.231. The second-order valence-corrected chi connectivity index (χ2v) is 8.75. The van der Waals surface area contributed by atoms with Crippen LogP contribution in [0.1, 0.15) is 34.8 Å². The molecular formula is C26H24ClN3O5. The molecule has 0 aromatic heterocycles. The number of halogens is 1. The highest BCUT2D eigenvalue weighted by molar-refractivity contribution is 6.30. The average Bonchev–Trinajstić information content (AvgIpc) is 2.88. The summed E-state index contributed by atoms with van der Waals surface area (Å²) in [4.78, 5) is 37.4. The minimum absolute atomic E-state index is 0.0711. The zero-order chi connectivity index (χ0) is 24.8. The molecule has 4 rings (SSSR count). The van der Waals surface area contributed by atoms with E-state index in [2.05, 4.69) is 5.32 Å². The van der Waals surface area contributed by atoms with Crippen LogP contribution >= 0.6 is 11.6 Å². The second-order valence-electron chi connectivity index (χ2n) is 8.31. The van der Waals surface area contributed by atoms with E-state index in [0.29, 0.717) is 36.5 Å². The van der Waals surface area contributed by atoms with E-state index in [0.717, 1.165) is 5.56 Å². The zero-order valence-electron chi connectivity index (χ0n) is 18.8. The number of hydrogen-bond acceptors (Lipinski definition) is 5. The van der Waals surface area contributed by atoms with Crippen LogP contribution in [0, 0.1) is 16.0 Å². The van der Waals surface area contributed by atoms with Gasteiger partial charge in [0.25, 0.3) is 11.6 Å². The standard InChI is InChI=1S/C26H24ClN3O5/c27-21-8-6-20(7-9-21)25(31)28-24(18-4-2-1-3-5-18)19-14-16-29(17-15-19)26(32)35-23-12-10-22(11-13-23)30(33)34/h1-13,19,24H,14-17H2,(H,28,31)/t24-/m1/s1. The van der Waals surface area contributed by atoms with Gasteiger partial charge in [0.05, 0.1) is 11.0 Å². The number of likely N-dealkylation sites (tertiary alicyclic amines) is 1. The molecule has 1 aliphatic rings. The van der Waals surface area contributed by atoms with Crippen LogP contribution in [-0.4, -0.2) is 34.9 Å². The average molecular weight is 494 g/mol. The molecule has 0 bridgehead atoms.